The number of aromatic nitrogens is 5. The summed E-state index contributed by atoms with van der Waals surface area (Å²) in [5.74, 6) is 0.0382. The zero-order valence-corrected chi connectivity index (χ0v) is 14.3. The molecule has 0 radical (unpaired) electrons. The second-order valence-electron chi connectivity index (χ2n) is 5.15. The molecule has 3 aromatic rings. The lowest BCUT2D eigenvalue weighted by molar-refractivity contribution is -0.116. The standard InChI is InChI=1S/C15H15ClN6O3/c1-3-22-14-13(19-20-22)15(24)21(8-17-14)7-12(23)18-10-6-9(16)4-5-11(10)25-2/h4-6,8H,3,7H2,1-2H3,(H,18,23). The Morgan fingerprint density at radius 2 is 2.20 bits per heavy atom. The minimum atomic E-state index is -0.432. The molecule has 0 saturated heterocycles. The lowest BCUT2D eigenvalue weighted by Crippen LogP contribution is -2.28. The van der Waals surface area contributed by atoms with Crippen LogP contribution < -0.4 is 15.6 Å². The van der Waals surface area contributed by atoms with Crippen molar-refractivity contribution in [3.63, 3.8) is 0 Å². The molecule has 1 N–H and O–H groups in total. The van der Waals surface area contributed by atoms with E-state index in [0.717, 1.165) is 0 Å². The number of nitrogens with zero attached hydrogens (tertiary/aromatic N) is 5. The van der Waals surface area contributed by atoms with Crippen LogP contribution in [-0.2, 0) is 17.9 Å². The van der Waals surface area contributed by atoms with Crippen LogP contribution in [0.15, 0.2) is 29.3 Å². The largest absolute Gasteiger partial charge is 0.495 e. The zero-order valence-electron chi connectivity index (χ0n) is 13.6. The van der Waals surface area contributed by atoms with Gasteiger partial charge in [0, 0.05) is 11.6 Å². The summed E-state index contributed by atoms with van der Waals surface area (Å²) >= 11 is 5.93. The van der Waals surface area contributed by atoms with E-state index in [-0.39, 0.29) is 12.1 Å². The molecule has 10 heteroatoms. The summed E-state index contributed by atoms with van der Waals surface area (Å²) in [6, 6.07) is 4.85. The number of rotatable bonds is 5. The SMILES string of the molecule is CCn1nnc2c(=O)n(CC(=O)Nc3cc(Cl)ccc3OC)cnc21. The molecule has 0 aliphatic rings. The van der Waals surface area contributed by atoms with Gasteiger partial charge in [-0.3, -0.25) is 14.2 Å². The number of methoxy groups -OCH3 is 1. The first-order chi connectivity index (χ1) is 12.0. The smallest absolute Gasteiger partial charge is 0.283 e. The van der Waals surface area contributed by atoms with Gasteiger partial charge >= 0.3 is 0 Å². The highest BCUT2D eigenvalue weighted by Crippen LogP contribution is 2.27. The van der Waals surface area contributed by atoms with Gasteiger partial charge in [0.2, 0.25) is 5.91 Å². The summed E-state index contributed by atoms with van der Waals surface area (Å²) in [6.45, 7) is 2.19. The van der Waals surface area contributed by atoms with Crippen LogP contribution in [0.4, 0.5) is 5.69 Å². The number of hydrogen-bond donors (Lipinski definition) is 1. The Bertz CT molecular complexity index is 997. The van der Waals surface area contributed by atoms with Crippen molar-refractivity contribution >= 4 is 34.4 Å². The van der Waals surface area contributed by atoms with Crippen molar-refractivity contribution < 1.29 is 9.53 Å². The van der Waals surface area contributed by atoms with Crippen molar-refractivity contribution in [3.05, 3.63) is 39.9 Å². The number of carbonyl (C=O) groups is 1. The Kier molecular flexibility index (Phi) is 4.66. The number of halogens is 1. The third-order valence-corrected chi connectivity index (χ3v) is 3.78. The first kappa shape index (κ1) is 16.9. The van der Waals surface area contributed by atoms with E-state index in [2.05, 4.69) is 20.6 Å². The molecule has 130 valence electrons. The summed E-state index contributed by atoms with van der Waals surface area (Å²) in [6.07, 6.45) is 1.30. The Morgan fingerprint density at radius 3 is 2.92 bits per heavy atom. The van der Waals surface area contributed by atoms with Gasteiger partial charge in [-0.05, 0) is 25.1 Å². The lowest BCUT2D eigenvalue weighted by atomic mass is 10.3. The molecule has 25 heavy (non-hydrogen) atoms. The fourth-order valence-electron chi connectivity index (χ4n) is 2.34. The van der Waals surface area contributed by atoms with Gasteiger partial charge in [-0.1, -0.05) is 16.8 Å². The van der Waals surface area contributed by atoms with Crippen LogP contribution in [0.25, 0.3) is 11.2 Å². The number of carbonyl (C=O) groups excluding carboxylic acids is 1. The van der Waals surface area contributed by atoms with E-state index in [1.807, 2.05) is 6.92 Å². The molecule has 0 aliphatic carbocycles. The molecule has 0 unspecified atom stereocenters. The van der Waals surface area contributed by atoms with Crippen molar-refractivity contribution in [1.29, 1.82) is 0 Å². The van der Waals surface area contributed by atoms with Gasteiger partial charge in [0.25, 0.3) is 5.56 Å². The second-order valence-corrected chi connectivity index (χ2v) is 5.58. The van der Waals surface area contributed by atoms with Gasteiger partial charge in [-0.2, -0.15) is 0 Å². The highest BCUT2D eigenvalue weighted by atomic mass is 35.5. The topological polar surface area (TPSA) is 104 Å². The first-order valence-corrected chi connectivity index (χ1v) is 7.83. The third-order valence-electron chi connectivity index (χ3n) is 3.54. The van der Waals surface area contributed by atoms with Crippen molar-refractivity contribution in [2.45, 2.75) is 20.0 Å². The molecule has 0 fully saturated rings. The maximum absolute atomic E-state index is 12.4. The van der Waals surface area contributed by atoms with E-state index in [0.29, 0.717) is 28.7 Å². The Morgan fingerprint density at radius 1 is 1.40 bits per heavy atom. The van der Waals surface area contributed by atoms with E-state index < -0.39 is 11.5 Å². The first-order valence-electron chi connectivity index (χ1n) is 7.45. The fraction of sp³-hybridized carbons (Fsp3) is 0.267. The quantitative estimate of drug-likeness (QED) is 0.733. The number of nitrogens with one attached hydrogen (secondary N) is 1. The van der Waals surface area contributed by atoms with Crippen LogP contribution in [0.3, 0.4) is 0 Å². The zero-order chi connectivity index (χ0) is 18.0. The van der Waals surface area contributed by atoms with Gasteiger partial charge in [0.15, 0.2) is 11.2 Å². The summed E-state index contributed by atoms with van der Waals surface area (Å²) < 4.78 is 7.85. The number of aryl methyl sites for hydroxylation is 1. The van der Waals surface area contributed by atoms with Gasteiger partial charge in [-0.15, -0.1) is 5.10 Å². The second kappa shape index (κ2) is 6.89. The number of ether oxygens (including phenoxy) is 1. The van der Waals surface area contributed by atoms with Gasteiger partial charge in [0.1, 0.15) is 18.6 Å². The van der Waals surface area contributed by atoms with Crippen LogP contribution in [0, 0.1) is 0 Å². The van der Waals surface area contributed by atoms with Crippen molar-refractivity contribution in [1.82, 2.24) is 24.5 Å². The molecule has 0 spiro atoms. The van der Waals surface area contributed by atoms with Crippen LogP contribution in [0.1, 0.15) is 6.92 Å². The summed E-state index contributed by atoms with van der Waals surface area (Å²) in [5.41, 5.74) is 0.495. The molecule has 2 heterocycles. The minimum Gasteiger partial charge on any atom is -0.495 e. The Balaban J connectivity index is 1.84. The normalized spacial score (nSPS) is 10.8. The molecule has 0 aliphatic heterocycles. The maximum Gasteiger partial charge on any atom is 0.283 e. The van der Waals surface area contributed by atoms with Crippen molar-refractivity contribution in [2.75, 3.05) is 12.4 Å². The molecule has 3 rings (SSSR count). The van der Waals surface area contributed by atoms with Crippen molar-refractivity contribution in [3.8, 4) is 5.75 Å². The van der Waals surface area contributed by atoms with Crippen LogP contribution in [-0.4, -0.2) is 37.6 Å². The lowest BCUT2D eigenvalue weighted by Gasteiger charge is -2.11. The van der Waals surface area contributed by atoms with Crippen LogP contribution in [0.5, 0.6) is 5.75 Å². The highest BCUT2D eigenvalue weighted by molar-refractivity contribution is 6.31. The van der Waals surface area contributed by atoms with E-state index in [4.69, 9.17) is 16.3 Å². The third kappa shape index (κ3) is 3.31. The number of benzene rings is 1. The summed E-state index contributed by atoms with van der Waals surface area (Å²) in [7, 11) is 1.48. The molecule has 0 atom stereocenters. The van der Waals surface area contributed by atoms with Crippen LogP contribution in [0.2, 0.25) is 5.02 Å². The summed E-state index contributed by atoms with van der Waals surface area (Å²) in [4.78, 5) is 28.8. The maximum atomic E-state index is 12.4. The molecule has 1 aromatic carbocycles. The fourth-order valence-corrected chi connectivity index (χ4v) is 2.51. The monoisotopic (exact) mass is 362 g/mol. The van der Waals surface area contributed by atoms with E-state index in [9.17, 15) is 9.59 Å². The molecule has 0 saturated carbocycles. The average Bonchev–Trinajstić information content (AvgIpc) is 3.01. The minimum absolute atomic E-state index is 0.123. The van der Waals surface area contributed by atoms with Crippen LogP contribution >= 0.6 is 11.6 Å². The molecule has 1 amide bonds. The molecule has 0 bridgehead atoms. The molecular formula is C15H15ClN6O3. The van der Waals surface area contributed by atoms with Gasteiger partial charge in [0.05, 0.1) is 12.8 Å². The number of amides is 1. The molecular weight excluding hydrogens is 348 g/mol. The summed E-state index contributed by atoms with van der Waals surface area (Å²) in [5, 5.41) is 10.8. The molecule has 9 nitrogen and oxygen atoms in total. The van der Waals surface area contributed by atoms with Gasteiger partial charge < -0.3 is 10.1 Å². The Hall–Kier alpha value is -2.94. The highest BCUT2D eigenvalue weighted by Gasteiger charge is 2.14. The molecule has 2 aromatic heterocycles. The average molecular weight is 363 g/mol. The number of hydrogen-bond acceptors (Lipinski definition) is 6. The van der Waals surface area contributed by atoms with E-state index in [1.54, 1.807) is 18.2 Å². The van der Waals surface area contributed by atoms with Gasteiger partial charge in [-0.25, -0.2) is 9.67 Å². The Labute approximate surface area is 147 Å². The number of fused-ring (bicyclic) bond motifs is 1. The van der Waals surface area contributed by atoms with E-state index >= 15 is 0 Å². The van der Waals surface area contributed by atoms with E-state index in [1.165, 1.54) is 22.7 Å². The predicted molar refractivity (Wildman–Crippen MR) is 91.9 cm³/mol. The predicted octanol–water partition coefficient (Wildman–Crippen LogP) is 1.31. The number of anilines is 1. The van der Waals surface area contributed by atoms with Crippen molar-refractivity contribution in [2.24, 2.45) is 0 Å².